The minimum absolute atomic E-state index is 0.0873. The summed E-state index contributed by atoms with van der Waals surface area (Å²) in [6.45, 7) is 4.03. The van der Waals surface area contributed by atoms with Crippen molar-refractivity contribution in [1.29, 1.82) is 0 Å². The lowest BCUT2D eigenvalue weighted by Crippen LogP contribution is -2.22. The molecule has 1 heterocycles. The molecule has 1 amide bonds. The topological polar surface area (TPSA) is 72.7 Å². The van der Waals surface area contributed by atoms with Crippen molar-refractivity contribution in [2.45, 2.75) is 43.5 Å². The highest BCUT2D eigenvalue weighted by Gasteiger charge is 2.19. The summed E-state index contributed by atoms with van der Waals surface area (Å²) in [6.07, 6.45) is 3.43. The van der Waals surface area contributed by atoms with Gasteiger partial charge < -0.3 is 5.32 Å². The van der Waals surface area contributed by atoms with Gasteiger partial charge in [-0.05, 0) is 60.0 Å². The molecule has 1 N–H and O–H groups in total. The van der Waals surface area contributed by atoms with E-state index in [0.29, 0.717) is 5.16 Å². The summed E-state index contributed by atoms with van der Waals surface area (Å²) in [5.74, 6) is -0.0873. The monoisotopic (exact) mass is 381 g/mol. The third-order valence-corrected chi connectivity index (χ3v) is 5.17. The van der Waals surface area contributed by atoms with Crippen LogP contribution in [0.5, 0.6) is 0 Å². The lowest BCUT2D eigenvalue weighted by Gasteiger charge is -2.12. The largest absolute Gasteiger partial charge is 0.325 e. The molecule has 27 heavy (non-hydrogen) atoms. The summed E-state index contributed by atoms with van der Waals surface area (Å²) < 4.78 is 1.67. The van der Waals surface area contributed by atoms with Gasteiger partial charge in [-0.15, -0.1) is 5.10 Å². The number of hydrogen-bond acceptors (Lipinski definition) is 5. The quantitative estimate of drug-likeness (QED) is 0.594. The third-order valence-electron chi connectivity index (χ3n) is 4.13. The van der Waals surface area contributed by atoms with Gasteiger partial charge in [-0.3, -0.25) is 4.79 Å². The molecule has 0 fully saturated rings. The van der Waals surface area contributed by atoms with Crippen LogP contribution < -0.4 is 5.32 Å². The Kier molecular flexibility index (Phi) is 6.59. The molecule has 1 aromatic heterocycles. The van der Waals surface area contributed by atoms with Crippen LogP contribution in [0.3, 0.4) is 0 Å². The number of hydrogen-bond donors (Lipinski definition) is 1. The van der Waals surface area contributed by atoms with E-state index in [2.05, 4.69) is 39.9 Å². The highest BCUT2D eigenvalue weighted by molar-refractivity contribution is 8.00. The Hall–Kier alpha value is -2.67. The van der Waals surface area contributed by atoms with E-state index in [4.69, 9.17) is 0 Å². The maximum Gasteiger partial charge on any atom is 0.237 e. The third kappa shape index (κ3) is 5.17. The van der Waals surface area contributed by atoms with Crippen molar-refractivity contribution < 1.29 is 4.79 Å². The molecule has 7 heteroatoms. The summed E-state index contributed by atoms with van der Waals surface area (Å²) in [4.78, 5) is 12.4. The molecule has 2 aromatic carbocycles. The van der Waals surface area contributed by atoms with Gasteiger partial charge in [0.1, 0.15) is 0 Å². The Morgan fingerprint density at radius 1 is 1.15 bits per heavy atom. The van der Waals surface area contributed by atoms with Gasteiger partial charge in [-0.1, -0.05) is 55.4 Å². The Labute approximate surface area is 163 Å². The first-order chi connectivity index (χ1) is 13.2. The maximum atomic E-state index is 12.4. The molecule has 0 aliphatic heterocycles. The molecule has 0 aliphatic carbocycles. The molecule has 3 aromatic rings. The predicted molar refractivity (Wildman–Crippen MR) is 108 cm³/mol. The summed E-state index contributed by atoms with van der Waals surface area (Å²) in [6, 6.07) is 17.6. The van der Waals surface area contributed by atoms with E-state index in [9.17, 15) is 4.79 Å². The molecular formula is C20H23N5OS. The van der Waals surface area contributed by atoms with E-state index in [1.165, 1.54) is 30.2 Å². The maximum absolute atomic E-state index is 12.4. The zero-order chi connectivity index (χ0) is 19.1. The van der Waals surface area contributed by atoms with Crippen molar-refractivity contribution in [3.05, 3.63) is 60.2 Å². The number of benzene rings is 2. The summed E-state index contributed by atoms with van der Waals surface area (Å²) in [5.41, 5.74) is 2.97. The number of unbranched alkanes of at least 4 members (excludes halogenated alkanes) is 1. The van der Waals surface area contributed by atoms with Crippen molar-refractivity contribution in [3.8, 4) is 5.69 Å². The molecule has 1 atom stereocenters. The molecular weight excluding hydrogens is 358 g/mol. The van der Waals surface area contributed by atoms with Gasteiger partial charge in [0, 0.05) is 5.69 Å². The first-order valence-corrected chi connectivity index (χ1v) is 9.95. The smallest absolute Gasteiger partial charge is 0.237 e. The van der Waals surface area contributed by atoms with E-state index >= 15 is 0 Å². The summed E-state index contributed by atoms with van der Waals surface area (Å²) >= 11 is 1.33. The molecule has 140 valence electrons. The fourth-order valence-electron chi connectivity index (χ4n) is 2.58. The standard InChI is InChI=1S/C20H23N5OS/c1-3-4-8-16-11-13-18(14-12-16)25-20(22-23-24-25)27-15(2)19(26)21-17-9-6-5-7-10-17/h5-7,9-15H,3-4,8H2,1-2H3,(H,21,26). The molecule has 0 aliphatic rings. The average Bonchev–Trinajstić information content (AvgIpc) is 3.15. The number of thioether (sulfide) groups is 1. The minimum Gasteiger partial charge on any atom is -0.325 e. The molecule has 1 unspecified atom stereocenters. The molecule has 0 saturated carbocycles. The van der Waals surface area contributed by atoms with E-state index < -0.39 is 0 Å². The molecule has 0 radical (unpaired) electrons. The van der Waals surface area contributed by atoms with Gasteiger partial charge in [0.2, 0.25) is 11.1 Å². The predicted octanol–water partition coefficient (Wildman–Crippen LogP) is 4.12. The van der Waals surface area contributed by atoms with E-state index in [1.807, 2.05) is 49.4 Å². The van der Waals surface area contributed by atoms with E-state index in [-0.39, 0.29) is 11.2 Å². The number of aryl methyl sites for hydroxylation is 1. The van der Waals surface area contributed by atoms with Crippen LogP contribution in [0.25, 0.3) is 5.69 Å². The minimum atomic E-state index is -0.334. The Morgan fingerprint density at radius 2 is 1.89 bits per heavy atom. The molecule has 3 rings (SSSR count). The second kappa shape index (κ2) is 9.32. The lowest BCUT2D eigenvalue weighted by molar-refractivity contribution is -0.115. The van der Waals surface area contributed by atoms with Crippen molar-refractivity contribution in [2.75, 3.05) is 5.32 Å². The van der Waals surface area contributed by atoms with Crippen LogP contribution in [0.15, 0.2) is 59.8 Å². The Morgan fingerprint density at radius 3 is 2.59 bits per heavy atom. The van der Waals surface area contributed by atoms with Crippen LogP contribution in [0.1, 0.15) is 32.3 Å². The first-order valence-electron chi connectivity index (χ1n) is 9.07. The molecule has 0 saturated heterocycles. The van der Waals surface area contributed by atoms with Gasteiger partial charge in [0.15, 0.2) is 0 Å². The van der Waals surface area contributed by atoms with E-state index in [0.717, 1.165) is 17.8 Å². The number of nitrogens with one attached hydrogen (secondary N) is 1. The average molecular weight is 382 g/mol. The van der Waals surface area contributed by atoms with Gasteiger partial charge in [0.05, 0.1) is 10.9 Å². The fourth-order valence-corrected chi connectivity index (χ4v) is 3.38. The van der Waals surface area contributed by atoms with Crippen LogP contribution in [0, 0.1) is 0 Å². The summed E-state index contributed by atoms with van der Waals surface area (Å²) in [5, 5.41) is 15.1. The van der Waals surface area contributed by atoms with Gasteiger partial charge in [0.25, 0.3) is 0 Å². The number of rotatable bonds is 8. The number of amides is 1. The van der Waals surface area contributed by atoms with Crippen LogP contribution >= 0.6 is 11.8 Å². The highest BCUT2D eigenvalue weighted by Crippen LogP contribution is 2.24. The second-order valence-electron chi connectivity index (χ2n) is 6.26. The lowest BCUT2D eigenvalue weighted by atomic mass is 10.1. The zero-order valence-corrected chi connectivity index (χ0v) is 16.3. The number of nitrogens with zero attached hydrogens (tertiary/aromatic N) is 4. The Balaban J connectivity index is 1.66. The number of para-hydroxylation sites is 1. The van der Waals surface area contributed by atoms with Gasteiger partial charge in [-0.2, -0.15) is 4.68 Å². The zero-order valence-electron chi connectivity index (χ0n) is 15.5. The highest BCUT2D eigenvalue weighted by atomic mass is 32.2. The molecule has 0 spiro atoms. The van der Waals surface area contributed by atoms with Gasteiger partial charge >= 0.3 is 0 Å². The molecule has 0 bridgehead atoms. The molecule has 6 nitrogen and oxygen atoms in total. The number of tetrazole rings is 1. The number of anilines is 1. The van der Waals surface area contributed by atoms with E-state index in [1.54, 1.807) is 4.68 Å². The fraction of sp³-hybridized carbons (Fsp3) is 0.300. The van der Waals surface area contributed by atoms with Crippen molar-refractivity contribution in [1.82, 2.24) is 20.2 Å². The van der Waals surface area contributed by atoms with Gasteiger partial charge in [-0.25, -0.2) is 0 Å². The van der Waals surface area contributed by atoms with Crippen molar-refractivity contribution in [2.24, 2.45) is 0 Å². The van der Waals surface area contributed by atoms with Crippen LogP contribution in [-0.2, 0) is 11.2 Å². The van der Waals surface area contributed by atoms with Crippen LogP contribution in [-0.4, -0.2) is 31.4 Å². The SMILES string of the molecule is CCCCc1ccc(-n2nnnc2SC(C)C(=O)Nc2ccccc2)cc1. The van der Waals surface area contributed by atoms with Crippen molar-refractivity contribution in [3.63, 3.8) is 0 Å². The van der Waals surface area contributed by atoms with Crippen LogP contribution in [0.2, 0.25) is 0 Å². The number of carbonyl (C=O) groups is 1. The number of aromatic nitrogens is 4. The normalized spacial score (nSPS) is 11.9. The second-order valence-corrected chi connectivity index (χ2v) is 7.57. The Bertz CT molecular complexity index is 864. The number of carbonyl (C=O) groups excluding carboxylic acids is 1. The summed E-state index contributed by atoms with van der Waals surface area (Å²) in [7, 11) is 0. The van der Waals surface area contributed by atoms with Crippen LogP contribution in [0.4, 0.5) is 5.69 Å². The van der Waals surface area contributed by atoms with Crippen molar-refractivity contribution >= 4 is 23.4 Å². The first kappa shape index (κ1) is 19.1.